The van der Waals surface area contributed by atoms with Gasteiger partial charge in [0.2, 0.25) is 5.69 Å². The van der Waals surface area contributed by atoms with Crippen LogP contribution in [-0.4, -0.2) is 20.3 Å². The van der Waals surface area contributed by atoms with Crippen molar-refractivity contribution in [3.8, 4) is 5.69 Å². The third-order valence-electron chi connectivity index (χ3n) is 5.01. The number of aromatic nitrogens is 3. The summed E-state index contributed by atoms with van der Waals surface area (Å²) in [5.41, 5.74) is -0.837. The minimum absolute atomic E-state index is 0.104. The lowest BCUT2D eigenvalue weighted by molar-refractivity contribution is 0.101. The van der Waals surface area contributed by atoms with Crippen LogP contribution in [0.25, 0.3) is 5.69 Å². The molecule has 0 saturated carbocycles. The van der Waals surface area contributed by atoms with Crippen molar-refractivity contribution in [1.82, 2.24) is 14.3 Å². The van der Waals surface area contributed by atoms with E-state index in [4.69, 9.17) is 11.6 Å². The van der Waals surface area contributed by atoms with Crippen molar-refractivity contribution in [2.24, 2.45) is 0 Å². The van der Waals surface area contributed by atoms with Crippen molar-refractivity contribution >= 4 is 23.2 Å². The Morgan fingerprint density at radius 3 is 2.41 bits per heavy atom. The molecule has 0 fully saturated rings. The van der Waals surface area contributed by atoms with Crippen LogP contribution in [0.1, 0.15) is 21.6 Å². The number of rotatable bonds is 5. The lowest BCUT2D eigenvalue weighted by Gasteiger charge is -2.13. The number of anilines is 1. The Bertz CT molecular complexity index is 1510. The maximum Gasteiger partial charge on any atom is 0.352 e. The van der Waals surface area contributed by atoms with E-state index in [1.54, 1.807) is 19.1 Å². The lowest BCUT2D eigenvalue weighted by atomic mass is 10.2. The number of hydrogen-bond donors (Lipinski definition) is 1. The first kappa shape index (κ1) is 23.1. The van der Waals surface area contributed by atoms with Gasteiger partial charge in [-0.3, -0.25) is 14.2 Å². The summed E-state index contributed by atoms with van der Waals surface area (Å²) < 4.78 is 28.5. The van der Waals surface area contributed by atoms with Crippen molar-refractivity contribution in [3.05, 3.63) is 121 Å². The maximum absolute atomic E-state index is 13.5. The van der Waals surface area contributed by atoms with Crippen LogP contribution in [0.3, 0.4) is 0 Å². The van der Waals surface area contributed by atoms with E-state index in [1.807, 2.05) is 0 Å². The zero-order valence-electron chi connectivity index (χ0n) is 17.8. The largest absolute Gasteiger partial charge is 0.352 e. The predicted molar refractivity (Wildman–Crippen MR) is 124 cm³/mol. The number of hydrogen-bond acceptors (Lipinski definition) is 4. The third kappa shape index (κ3) is 4.79. The Hall–Kier alpha value is -4.11. The fourth-order valence-corrected chi connectivity index (χ4v) is 3.38. The van der Waals surface area contributed by atoms with E-state index in [1.165, 1.54) is 48.5 Å². The highest BCUT2D eigenvalue weighted by atomic mass is 35.5. The molecule has 34 heavy (non-hydrogen) atoms. The molecule has 1 aromatic heterocycles. The average Bonchev–Trinajstić information content (AvgIpc) is 2.80. The fraction of sp³-hybridized carbons (Fsp3) is 0.0833. The number of carbonyl (C=O) groups is 1. The van der Waals surface area contributed by atoms with E-state index < -0.39 is 34.5 Å². The normalized spacial score (nSPS) is 10.8. The van der Waals surface area contributed by atoms with Crippen molar-refractivity contribution in [2.45, 2.75) is 13.5 Å². The monoisotopic (exact) mass is 482 g/mol. The van der Waals surface area contributed by atoms with Crippen LogP contribution in [0.5, 0.6) is 0 Å². The van der Waals surface area contributed by atoms with E-state index in [0.717, 1.165) is 20.9 Å². The second-order valence-electron chi connectivity index (χ2n) is 7.46. The van der Waals surface area contributed by atoms with Gasteiger partial charge in [0.1, 0.15) is 11.6 Å². The van der Waals surface area contributed by atoms with E-state index in [2.05, 4.69) is 10.4 Å². The molecule has 4 aromatic rings. The van der Waals surface area contributed by atoms with Gasteiger partial charge >= 0.3 is 5.69 Å². The summed E-state index contributed by atoms with van der Waals surface area (Å²) in [5.74, 6) is -2.00. The molecule has 1 amide bonds. The van der Waals surface area contributed by atoms with Crippen LogP contribution in [0, 0.1) is 18.6 Å². The van der Waals surface area contributed by atoms with Gasteiger partial charge in [-0.25, -0.2) is 13.6 Å². The summed E-state index contributed by atoms with van der Waals surface area (Å²) in [6.07, 6.45) is 0. The third-order valence-corrected chi connectivity index (χ3v) is 5.42. The number of aryl methyl sites for hydroxylation is 1. The van der Waals surface area contributed by atoms with Gasteiger partial charge in [-0.15, -0.1) is 0 Å². The molecule has 172 valence electrons. The minimum atomic E-state index is -0.960. The van der Waals surface area contributed by atoms with Gasteiger partial charge < -0.3 is 5.32 Å². The molecule has 0 unspecified atom stereocenters. The van der Waals surface area contributed by atoms with Gasteiger partial charge in [0, 0.05) is 10.7 Å². The molecule has 10 heteroatoms. The number of amides is 1. The summed E-state index contributed by atoms with van der Waals surface area (Å²) in [6.45, 7) is 1.54. The Kier molecular flexibility index (Phi) is 6.38. The van der Waals surface area contributed by atoms with E-state index in [9.17, 15) is 23.2 Å². The predicted octanol–water partition coefficient (Wildman–Crippen LogP) is 3.93. The molecule has 1 N–H and O–H groups in total. The van der Waals surface area contributed by atoms with Crippen molar-refractivity contribution < 1.29 is 13.6 Å². The maximum atomic E-state index is 13.5. The topological polar surface area (TPSA) is 86.0 Å². The van der Waals surface area contributed by atoms with Gasteiger partial charge in [0.05, 0.1) is 12.2 Å². The molecule has 3 aromatic carbocycles. The first-order valence-electron chi connectivity index (χ1n) is 10.0. The van der Waals surface area contributed by atoms with E-state index >= 15 is 0 Å². The van der Waals surface area contributed by atoms with Gasteiger partial charge in [0.25, 0.3) is 11.5 Å². The zero-order valence-corrected chi connectivity index (χ0v) is 18.5. The van der Waals surface area contributed by atoms with Crippen LogP contribution < -0.4 is 16.6 Å². The average molecular weight is 483 g/mol. The first-order chi connectivity index (χ1) is 16.2. The Morgan fingerprint density at radius 1 is 1.00 bits per heavy atom. The van der Waals surface area contributed by atoms with Gasteiger partial charge in [-0.1, -0.05) is 35.9 Å². The summed E-state index contributed by atoms with van der Waals surface area (Å²) in [7, 11) is 0. The van der Waals surface area contributed by atoms with E-state index in [0.29, 0.717) is 10.6 Å². The lowest BCUT2D eigenvalue weighted by Crippen LogP contribution is -2.45. The Morgan fingerprint density at radius 2 is 1.74 bits per heavy atom. The molecule has 1 heterocycles. The second kappa shape index (κ2) is 9.40. The fourth-order valence-electron chi connectivity index (χ4n) is 3.21. The summed E-state index contributed by atoms with van der Waals surface area (Å²) in [6, 6.07) is 15.0. The van der Waals surface area contributed by atoms with Crippen molar-refractivity contribution in [3.63, 3.8) is 0 Å². The zero-order chi connectivity index (χ0) is 24.4. The quantitative estimate of drug-likeness (QED) is 0.467. The Labute approximate surface area is 196 Å². The highest BCUT2D eigenvalue weighted by molar-refractivity contribution is 6.31. The molecule has 0 atom stereocenters. The van der Waals surface area contributed by atoms with Gasteiger partial charge in [-0.05, 0) is 60.5 Å². The molecule has 7 nitrogen and oxygen atoms in total. The molecule has 0 aliphatic carbocycles. The van der Waals surface area contributed by atoms with Crippen molar-refractivity contribution in [2.75, 3.05) is 5.32 Å². The van der Waals surface area contributed by atoms with Gasteiger partial charge in [0.15, 0.2) is 0 Å². The summed E-state index contributed by atoms with van der Waals surface area (Å²) >= 11 is 6.19. The molecule has 0 saturated heterocycles. The highest BCUT2D eigenvalue weighted by Gasteiger charge is 2.21. The number of carbonyl (C=O) groups excluding carboxylic acids is 1. The molecule has 0 bridgehead atoms. The Balaban J connectivity index is 1.86. The van der Waals surface area contributed by atoms with Crippen molar-refractivity contribution in [1.29, 1.82) is 0 Å². The van der Waals surface area contributed by atoms with Crippen LogP contribution >= 0.6 is 11.6 Å². The van der Waals surface area contributed by atoms with Crippen LogP contribution in [0.4, 0.5) is 14.5 Å². The minimum Gasteiger partial charge on any atom is -0.320 e. The van der Waals surface area contributed by atoms with Crippen LogP contribution in [-0.2, 0) is 6.54 Å². The van der Waals surface area contributed by atoms with E-state index in [-0.39, 0.29) is 17.9 Å². The summed E-state index contributed by atoms with van der Waals surface area (Å²) in [5, 5.41) is 6.76. The molecule has 0 aliphatic rings. The SMILES string of the molecule is Cc1ccc(-n2nc(C(=O)Nc3cccc(F)c3)c(=O)n(Cc3ccc(F)cc3)c2=O)cc1Cl. The van der Waals surface area contributed by atoms with Gasteiger partial charge in [-0.2, -0.15) is 9.78 Å². The number of halogens is 3. The molecular formula is C24H17ClF2N4O3. The molecule has 4 rings (SSSR count). The number of nitrogens with zero attached hydrogens (tertiary/aromatic N) is 3. The number of nitrogens with one attached hydrogen (secondary N) is 1. The second-order valence-corrected chi connectivity index (χ2v) is 7.87. The first-order valence-corrected chi connectivity index (χ1v) is 10.4. The molecule has 0 radical (unpaired) electrons. The smallest absolute Gasteiger partial charge is 0.320 e. The van der Waals surface area contributed by atoms with Crippen LogP contribution in [0.15, 0.2) is 76.3 Å². The molecule has 0 aliphatic heterocycles. The highest BCUT2D eigenvalue weighted by Crippen LogP contribution is 2.18. The standard InChI is InChI=1S/C24H17ClF2N4O3/c1-14-5-10-19(12-20(14)25)31-24(34)30(13-15-6-8-16(26)9-7-15)23(33)21(29-31)22(32)28-18-4-2-3-17(27)11-18/h2-12H,13H2,1H3,(H,28,32). The summed E-state index contributed by atoms with van der Waals surface area (Å²) in [4.78, 5) is 39.2. The molecular weight excluding hydrogens is 466 g/mol. The molecule has 0 spiro atoms. The number of benzene rings is 3. The van der Waals surface area contributed by atoms with Crippen LogP contribution in [0.2, 0.25) is 5.02 Å².